The van der Waals surface area contributed by atoms with Crippen LogP contribution < -0.4 is 4.74 Å². The molecule has 0 N–H and O–H groups in total. The van der Waals surface area contributed by atoms with Gasteiger partial charge in [0.15, 0.2) is 0 Å². The number of methoxy groups -OCH3 is 1. The Morgan fingerprint density at radius 2 is 2.07 bits per heavy atom. The van der Waals surface area contributed by atoms with Gasteiger partial charge in [0.1, 0.15) is 5.75 Å². The molecule has 1 aromatic carbocycles. The van der Waals surface area contributed by atoms with Crippen LogP contribution in [0, 0.1) is 6.42 Å². The maximum absolute atomic E-state index is 5.22. The van der Waals surface area contributed by atoms with Gasteiger partial charge in [-0.1, -0.05) is 12.1 Å². The summed E-state index contributed by atoms with van der Waals surface area (Å²) >= 11 is 0. The minimum Gasteiger partial charge on any atom is -0.497 e. The van der Waals surface area contributed by atoms with E-state index in [4.69, 9.17) is 4.74 Å². The molecule has 0 aromatic heterocycles. The minimum atomic E-state index is 0.955. The number of benzene rings is 1. The van der Waals surface area contributed by atoms with Crippen LogP contribution in [0.1, 0.15) is 18.4 Å². The second kappa shape index (κ2) is 5.17. The molecular weight excluding hydrogens is 186 g/mol. The van der Waals surface area contributed by atoms with Crippen molar-refractivity contribution < 1.29 is 4.74 Å². The summed E-state index contributed by atoms with van der Waals surface area (Å²) in [7, 11) is 1.72. The van der Waals surface area contributed by atoms with Crippen molar-refractivity contribution in [3.05, 3.63) is 36.2 Å². The minimum absolute atomic E-state index is 0.955. The predicted octanol–water partition coefficient (Wildman–Crippen LogP) is 2.50. The Balaban J connectivity index is 1.96. The van der Waals surface area contributed by atoms with Gasteiger partial charge in [-0.2, -0.15) is 0 Å². The lowest BCUT2D eigenvalue weighted by molar-refractivity contribution is 0.245. The van der Waals surface area contributed by atoms with Crippen molar-refractivity contribution in [2.75, 3.05) is 20.2 Å². The van der Waals surface area contributed by atoms with E-state index in [2.05, 4.69) is 29.5 Å². The molecule has 0 bridgehead atoms. The Kier molecular flexibility index (Phi) is 3.62. The highest BCUT2D eigenvalue weighted by Gasteiger charge is 2.10. The second-order valence-corrected chi connectivity index (χ2v) is 3.99. The summed E-state index contributed by atoms with van der Waals surface area (Å²) < 4.78 is 5.22. The predicted molar refractivity (Wildman–Crippen MR) is 61.8 cm³/mol. The van der Waals surface area contributed by atoms with Crippen LogP contribution in [0.3, 0.4) is 0 Å². The van der Waals surface area contributed by atoms with Gasteiger partial charge in [-0.05, 0) is 50.0 Å². The van der Waals surface area contributed by atoms with Gasteiger partial charge >= 0.3 is 0 Å². The topological polar surface area (TPSA) is 12.5 Å². The van der Waals surface area contributed by atoms with E-state index in [-0.39, 0.29) is 0 Å². The third-order valence-electron chi connectivity index (χ3n) is 2.84. The smallest absolute Gasteiger partial charge is 0.119 e. The molecule has 0 unspecified atom stereocenters. The normalized spacial score (nSPS) is 17.7. The van der Waals surface area contributed by atoms with E-state index >= 15 is 0 Å². The summed E-state index contributed by atoms with van der Waals surface area (Å²) in [5, 5.41) is 0. The number of rotatable bonds is 3. The Hall–Kier alpha value is -1.02. The summed E-state index contributed by atoms with van der Waals surface area (Å²) in [6, 6.07) is 8.34. The van der Waals surface area contributed by atoms with Gasteiger partial charge in [0, 0.05) is 6.54 Å². The van der Waals surface area contributed by atoms with Crippen LogP contribution in [0.2, 0.25) is 0 Å². The summed E-state index contributed by atoms with van der Waals surface area (Å²) in [6.07, 6.45) is 4.83. The molecule has 1 fully saturated rings. The molecule has 1 saturated heterocycles. The molecule has 2 heteroatoms. The fraction of sp³-hybridized carbons (Fsp3) is 0.462. The highest BCUT2D eigenvalue weighted by atomic mass is 16.5. The Morgan fingerprint density at radius 3 is 2.80 bits per heavy atom. The standard InChI is InChI=1S/C13H18NO/c1-15-13-7-5-6-12(10-13)11-14-8-3-2-4-9-14/h2,5-7,10H,3-4,8-9,11H2,1H3. The Labute approximate surface area is 91.9 Å². The molecule has 1 heterocycles. The first-order valence-corrected chi connectivity index (χ1v) is 5.55. The van der Waals surface area contributed by atoms with E-state index in [1.54, 1.807) is 7.11 Å². The van der Waals surface area contributed by atoms with Crippen molar-refractivity contribution in [3.8, 4) is 5.75 Å². The number of nitrogens with zero attached hydrogens (tertiary/aromatic N) is 1. The van der Waals surface area contributed by atoms with Crippen molar-refractivity contribution >= 4 is 0 Å². The average Bonchev–Trinajstić information content (AvgIpc) is 2.31. The quantitative estimate of drug-likeness (QED) is 0.750. The molecule has 2 nitrogen and oxygen atoms in total. The van der Waals surface area contributed by atoms with Gasteiger partial charge in [-0.3, -0.25) is 4.90 Å². The van der Waals surface area contributed by atoms with Gasteiger partial charge in [0.2, 0.25) is 0 Å². The zero-order chi connectivity index (χ0) is 10.5. The van der Waals surface area contributed by atoms with Crippen LogP contribution in [0.4, 0.5) is 0 Å². The highest BCUT2D eigenvalue weighted by Crippen LogP contribution is 2.16. The number of hydrogen-bond donors (Lipinski definition) is 0. The number of piperidine rings is 1. The Morgan fingerprint density at radius 1 is 1.27 bits per heavy atom. The molecule has 15 heavy (non-hydrogen) atoms. The average molecular weight is 204 g/mol. The molecular formula is C13H18NO. The third kappa shape index (κ3) is 2.96. The molecule has 0 amide bonds. The summed E-state index contributed by atoms with van der Waals surface area (Å²) in [5.41, 5.74) is 1.34. The third-order valence-corrected chi connectivity index (χ3v) is 2.84. The summed E-state index contributed by atoms with van der Waals surface area (Å²) in [5.74, 6) is 0.955. The zero-order valence-electron chi connectivity index (χ0n) is 9.28. The molecule has 1 aliphatic rings. The van der Waals surface area contributed by atoms with Crippen molar-refractivity contribution in [1.82, 2.24) is 4.90 Å². The van der Waals surface area contributed by atoms with Crippen LogP contribution in [-0.2, 0) is 6.54 Å². The van der Waals surface area contributed by atoms with Gasteiger partial charge in [-0.25, -0.2) is 0 Å². The van der Waals surface area contributed by atoms with Gasteiger partial charge in [0.05, 0.1) is 7.11 Å². The molecule has 1 aromatic rings. The SMILES string of the molecule is COc1cccc(CN2CC[CH]CC2)c1. The molecule has 0 saturated carbocycles. The largest absolute Gasteiger partial charge is 0.497 e. The first kappa shape index (κ1) is 10.5. The molecule has 2 rings (SSSR count). The van der Waals surface area contributed by atoms with Gasteiger partial charge in [-0.15, -0.1) is 0 Å². The molecule has 1 radical (unpaired) electrons. The summed E-state index contributed by atoms with van der Waals surface area (Å²) in [4.78, 5) is 2.49. The monoisotopic (exact) mass is 204 g/mol. The summed E-state index contributed by atoms with van der Waals surface area (Å²) in [6.45, 7) is 3.43. The maximum Gasteiger partial charge on any atom is 0.119 e. The van der Waals surface area contributed by atoms with Crippen LogP contribution in [-0.4, -0.2) is 25.1 Å². The second-order valence-electron chi connectivity index (χ2n) is 3.99. The Bertz CT molecular complexity index is 305. The lowest BCUT2D eigenvalue weighted by Crippen LogP contribution is -2.29. The molecule has 0 atom stereocenters. The first-order chi connectivity index (χ1) is 7.38. The molecule has 1 aliphatic heterocycles. The number of hydrogen-bond acceptors (Lipinski definition) is 2. The van der Waals surface area contributed by atoms with Crippen LogP contribution >= 0.6 is 0 Å². The van der Waals surface area contributed by atoms with Gasteiger partial charge < -0.3 is 4.74 Å². The molecule has 81 valence electrons. The molecule has 0 aliphatic carbocycles. The van der Waals surface area contributed by atoms with Crippen molar-refractivity contribution in [3.63, 3.8) is 0 Å². The molecule has 0 spiro atoms. The van der Waals surface area contributed by atoms with Crippen LogP contribution in [0.15, 0.2) is 24.3 Å². The van der Waals surface area contributed by atoms with E-state index in [0.29, 0.717) is 0 Å². The number of likely N-dealkylation sites (tertiary alicyclic amines) is 1. The zero-order valence-corrected chi connectivity index (χ0v) is 9.28. The maximum atomic E-state index is 5.22. The fourth-order valence-electron chi connectivity index (χ4n) is 1.99. The highest BCUT2D eigenvalue weighted by molar-refractivity contribution is 5.28. The first-order valence-electron chi connectivity index (χ1n) is 5.55. The van der Waals surface area contributed by atoms with E-state index in [1.807, 2.05) is 6.07 Å². The van der Waals surface area contributed by atoms with E-state index in [1.165, 1.54) is 31.5 Å². The number of ether oxygens (including phenoxy) is 1. The fourth-order valence-corrected chi connectivity index (χ4v) is 1.99. The van der Waals surface area contributed by atoms with Crippen molar-refractivity contribution in [2.24, 2.45) is 0 Å². The van der Waals surface area contributed by atoms with E-state index < -0.39 is 0 Å². The van der Waals surface area contributed by atoms with Crippen molar-refractivity contribution in [1.29, 1.82) is 0 Å². The van der Waals surface area contributed by atoms with E-state index in [0.717, 1.165) is 12.3 Å². The lowest BCUT2D eigenvalue weighted by Gasteiger charge is -2.26. The van der Waals surface area contributed by atoms with E-state index in [9.17, 15) is 0 Å². The van der Waals surface area contributed by atoms with Crippen LogP contribution in [0.5, 0.6) is 5.75 Å². The van der Waals surface area contributed by atoms with Crippen LogP contribution in [0.25, 0.3) is 0 Å². The van der Waals surface area contributed by atoms with Gasteiger partial charge in [0.25, 0.3) is 0 Å². The van der Waals surface area contributed by atoms with Crippen molar-refractivity contribution in [2.45, 2.75) is 19.4 Å². The lowest BCUT2D eigenvalue weighted by atomic mass is 10.1.